The van der Waals surface area contributed by atoms with E-state index in [0.29, 0.717) is 23.6 Å². The number of ether oxygens (including phenoxy) is 2. The summed E-state index contributed by atoms with van der Waals surface area (Å²) in [7, 11) is 3.32. The van der Waals surface area contributed by atoms with Crippen LogP contribution in [0, 0.1) is 0 Å². The molecular weight excluding hydrogens is 464 g/mol. The molecule has 3 aromatic carbocycles. The quantitative estimate of drug-likeness (QED) is 0.348. The van der Waals surface area contributed by atoms with E-state index >= 15 is 0 Å². The molecule has 0 saturated carbocycles. The summed E-state index contributed by atoms with van der Waals surface area (Å²) in [5, 5.41) is 8.02. The van der Waals surface area contributed by atoms with Crippen LogP contribution >= 0.6 is 0 Å². The molecule has 190 valence electrons. The summed E-state index contributed by atoms with van der Waals surface area (Å²) in [6.45, 7) is 2.45. The highest BCUT2D eigenvalue weighted by molar-refractivity contribution is 6.00. The number of benzene rings is 3. The summed E-state index contributed by atoms with van der Waals surface area (Å²) in [5.41, 5.74) is 3.80. The van der Waals surface area contributed by atoms with Crippen LogP contribution in [0.2, 0.25) is 0 Å². The third-order valence-electron chi connectivity index (χ3n) is 6.88. The van der Waals surface area contributed by atoms with Gasteiger partial charge in [-0.15, -0.1) is 0 Å². The minimum atomic E-state index is -0.179. The van der Waals surface area contributed by atoms with Gasteiger partial charge in [-0.25, -0.2) is 4.68 Å². The van der Waals surface area contributed by atoms with Gasteiger partial charge < -0.3 is 14.8 Å². The third-order valence-corrected chi connectivity index (χ3v) is 6.88. The number of nitrogens with zero attached hydrogens (tertiary/aromatic N) is 3. The molecule has 37 heavy (non-hydrogen) atoms. The normalized spacial score (nSPS) is 14.3. The maximum atomic E-state index is 13.7. The number of carbonyl (C=O) groups is 1. The van der Waals surface area contributed by atoms with Gasteiger partial charge in [0.15, 0.2) is 0 Å². The second kappa shape index (κ2) is 11.3. The molecule has 1 atom stereocenters. The van der Waals surface area contributed by atoms with Crippen molar-refractivity contribution in [1.82, 2.24) is 20.0 Å². The van der Waals surface area contributed by atoms with Crippen molar-refractivity contribution in [3.05, 3.63) is 96.2 Å². The number of para-hydroxylation sites is 3. The molecule has 1 aliphatic rings. The van der Waals surface area contributed by atoms with Gasteiger partial charge in [-0.05, 0) is 56.3 Å². The van der Waals surface area contributed by atoms with Gasteiger partial charge in [0.2, 0.25) is 0 Å². The fourth-order valence-electron chi connectivity index (χ4n) is 5.01. The minimum absolute atomic E-state index is 0.0153. The molecule has 5 rings (SSSR count). The van der Waals surface area contributed by atoms with Crippen LogP contribution in [0.5, 0.6) is 11.5 Å². The maximum absolute atomic E-state index is 13.7. The van der Waals surface area contributed by atoms with Gasteiger partial charge in [0, 0.05) is 23.9 Å². The molecule has 0 spiro atoms. The monoisotopic (exact) mass is 496 g/mol. The molecule has 1 aliphatic heterocycles. The maximum Gasteiger partial charge on any atom is 0.255 e. The molecule has 1 unspecified atom stereocenters. The van der Waals surface area contributed by atoms with Crippen LogP contribution in [-0.4, -0.2) is 54.4 Å². The Bertz CT molecular complexity index is 1350. The van der Waals surface area contributed by atoms with E-state index in [2.05, 4.69) is 16.3 Å². The van der Waals surface area contributed by atoms with E-state index in [1.165, 1.54) is 0 Å². The summed E-state index contributed by atoms with van der Waals surface area (Å²) in [6, 6.07) is 25.5. The Kier molecular flexibility index (Phi) is 7.51. The Morgan fingerprint density at radius 2 is 1.54 bits per heavy atom. The lowest BCUT2D eigenvalue weighted by molar-refractivity contribution is 0.0938. The molecular formula is C30H32N4O3. The predicted octanol–water partition coefficient (Wildman–Crippen LogP) is 5.12. The fourth-order valence-corrected chi connectivity index (χ4v) is 5.01. The van der Waals surface area contributed by atoms with Crippen LogP contribution < -0.4 is 14.8 Å². The number of carbonyl (C=O) groups excluding carboxylic acids is 1. The second-order valence-electron chi connectivity index (χ2n) is 9.08. The van der Waals surface area contributed by atoms with Crippen LogP contribution in [0.15, 0.2) is 85.1 Å². The predicted molar refractivity (Wildman–Crippen MR) is 144 cm³/mol. The van der Waals surface area contributed by atoms with E-state index in [-0.39, 0.29) is 11.9 Å². The lowest BCUT2D eigenvalue weighted by Crippen LogP contribution is -2.37. The van der Waals surface area contributed by atoms with Crippen molar-refractivity contribution in [2.45, 2.75) is 18.9 Å². The molecule has 1 fully saturated rings. The second-order valence-corrected chi connectivity index (χ2v) is 9.08. The smallest absolute Gasteiger partial charge is 0.255 e. The Labute approximate surface area is 217 Å². The highest BCUT2D eigenvalue weighted by Gasteiger charge is 2.28. The van der Waals surface area contributed by atoms with Crippen LogP contribution in [0.4, 0.5) is 0 Å². The molecule has 4 aromatic rings. The van der Waals surface area contributed by atoms with Gasteiger partial charge in [-0.1, -0.05) is 48.5 Å². The van der Waals surface area contributed by atoms with E-state index in [9.17, 15) is 4.79 Å². The lowest BCUT2D eigenvalue weighted by atomic mass is 10.0. The van der Waals surface area contributed by atoms with Crippen molar-refractivity contribution in [2.75, 3.05) is 33.9 Å². The van der Waals surface area contributed by atoms with Crippen LogP contribution in [-0.2, 0) is 0 Å². The summed E-state index contributed by atoms with van der Waals surface area (Å²) in [6.07, 6.45) is 4.10. The Balaban J connectivity index is 1.48. The standard InChI is InChI=1S/C30H32N4O3/c1-36-27-16-8-6-14-23(27)26(33-18-10-11-19-33)20-31-30(35)25-21-34(22-12-4-3-5-13-22)32-29(25)24-15-7-9-17-28(24)37-2/h3-9,12-17,21,26H,10-11,18-20H2,1-2H3,(H,31,35). The Morgan fingerprint density at radius 1 is 0.892 bits per heavy atom. The van der Waals surface area contributed by atoms with Crippen molar-refractivity contribution in [3.8, 4) is 28.4 Å². The zero-order chi connectivity index (χ0) is 25.6. The summed E-state index contributed by atoms with van der Waals surface area (Å²) >= 11 is 0. The molecule has 1 N–H and O–H groups in total. The number of nitrogens with one attached hydrogen (secondary N) is 1. The number of methoxy groups -OCH3 is 2. The largest absolute Gasteiger partial charge is 0.496 e. The van der Waals surface area contributed by atoms with Gasteiger partial charge in [-0.2, -0.15) is 5.10 Å². The fraction of sp³-hybridized carbons (Fsp3) is 0.267. The average Bonchev–Trinajstić information content (AvgIpc) is 3.65. The van der Waals surface area contributed by atoms with Gasteiger partial charge in [0.05, 0.1) is 31.5 Å². The van der Waals surface area contributed by atoms with E-state index in [4.69, 9.17) is 14.6 Å². The van der Waals surface area contributed by atoms with Crippen molar-refractivity contribution in [3.63, 3.8) is 0 Å². The Morgan fingerprint density at radius 3 is 2.27 bits per heavy atom. The topological polar surface area (TPSA) is 68.6 Å². The SMILES string of the molecule is COc1ccccc1-c1nn(-c2ccccc2)cc1C(=O)NCC(c1ccccc1OC)N1CCCC1. The zero-order valence-corrected chi connectivity index (χ0v) is 21.3. The molecule has 1 amide bonds. The first-order chi connectivity index (χ1) is 18.2. The summed E-state index contributed by atoms with van der Waals surface area (Å²) in [5.74, 6) is 1.32. The van der Waals surface area contributed by atoms with Crippen LogP contribution in [0.25, 0.3) is 16.9 Å². The third kappa shape index (κ3) is 5.22. The van der Waals surface area contributed by atoms with Crippen molar-refractivity contribution in [2.24, 2.45) is 0 Å². The molecule has 0 aliphatic carbocycles. The van der Waals surface area contributed by atoms with Gasteiger partial charge in [0.25, 0.3) is 5.91 Å². The first-order valence-electron chi connectivity index (χ1n) is 12.6. The van der Waals surface area contributed by atoms with E-state index in [1.807, 2.05) is 72.8 Å². The van der Waals surface area contributed by atoms with E-state index in [1.54, 1.807) is 25.1 Å². The first kappa shape index (κ1) is 24.6. The lowest BCUT2D eigenvalue weighted by Gasteiger charge is -2.29. The highest BCUT2D eigenvalue weighted by Crippen LogP contribution is 2.33. The van der Waals surface area contributed by atoms with Crippen molar-refractivity contribution >= 4 is 5.91 Å². The number of rotatable bonds is 9. The number of hydrogen-bond acceptors (Lipinski definition) is 5. The van der Waals surface area contributed by atoms with Crippen molar-refractivity contribution < 1.29 is 14.3 Å². The van der Waals surface area contributed by atoms with Gasteiger partial charge in [0.1, 0.15) is 17.2 Å². The average molecular weight is 497 g/mol. The number of likely N-dealkylation sites (tertiary alicyclic amines) is 1. The zero-order valence-electron chi connectivity index (χ0n) is 21.3. The Hall–Kier alpha value is -4.10. The highest BCUT2D eigenvalue weighted by atomic mass is 16.5. The van der Waals surface area contributed by atoms with E-state index < -0.39 is 0 Å². The molecule has 1 aromatic heterocycles. The summed E-state index contributed by atoms with van der Waals surface area (Å²) in [4.78, 5) is 16.2. The van der Waals surface area contributed by atoms with Crippen molar-refractivity contribution in [1.29, 1.82) is 0 Å². The molecule has 7 heteroatoms. The minimum Gasteiger partial charge on any atom is -0.496 e. The number of hydrogen-bond donors (Lipinski definition) is 1. The molecule has 0 bridgehead atoms. The molecule has 0 radical (unpaired) electrons. The summed E-state index contributed by atoms with van der Waals surface area (Å²) < 4.78 is 13.0. The van der Waals surface area contributed by atoms with Gasteiger partial charge >= 0.3 is 0 Å². The first-order valence-corrected chi connectivity index (χ1v) is 12.6. The number of amides is 1. The van der Waals surface area contributed by atoms with Crippen LogP contribution in [0.1, 0.15) is 34.8 Å². The van der Waals surface area contributed by atoms with Gasteiger partial charge in [-0.3, -0.25) is 9.69 Å². The molecule has 1 saturated heterocycles. The number of aromatic nitrogens is 2. The molecule has 7 nitrogen and oxygen atoms in total. The van der Waals surface area contributed by atoms with Crippen LogP contribution in [0.3, 0.4) is 0 Å². The van der Waals surface area contributed by atoms with E-state index in [0.717, 1.165) is 48.5 Å². The molecule has 2 heterocycles.